The minimum Gasteiger partial charge on any atom is -0.372 e. The molecule has 0 radical (unpaired) electrons. The molecule has 0 amide bonds. The Morgan fingerprint density at radius 1 is 1.37 bits per heavy atom. The van der Waals surface area contributed by atoms with Gasteiger partial charge >= 0.3 is 0 Å². The van der Waals surface area contributed by atoms with Gasteiger partial charge in [-0.2, -0.15) is 0 Å². The zero-order valence-corrected chi connectivity index (χ0v) is 10.9. The molecule has 1 saturated heterocycles. The number of aldehydes is 1. The van der Waals surface area contributed by atoms with Gasteiger partial charge in [0.05, 0.1) is 17.1 Å². The van der Waals surface area contributed by atoms with Gasteiger partial charge in [-0.1, -0.05) is 0 Å². The maximum Gasteiger partial charge on any atom is 0.270 e. The summed E-state index contributed by atoms with van der Waals surface area (Å²) in [5.74, 6) is 0. The molecule has 0 aromatic heterocycles. The largest absolute Gasteiger partial charge is 0.372 e. The van der Waals surface area contributed by atoms with E-state index in [0.717, 1.165) is 5.69 Å². The summed E-state index contributed by atoms with van der Waals surface area (Å²) in [6.07, 6.45) is 0.796. The van der Waals surface area contributed by atoms with Crippen molar-refractivity contribution in [2.75, 3.05) is 18.0 Å². The molecular formula is C13H16N2O4. The SMILES string of the molecule is CC1CN(c2ccc([N+](=O)[O-])cc2C=O)CC(C)O1. The van der Waals surface area contributed by atoms with E-state index in [0.29, 0.717) is 24.9 Å². The van der Waals surface area contributed by atoms with Crippen molar-refractivity contribution in [3.05, 3.63) is 33.9 Å². The summed E-state index contributed by atoms with van der Waals surface area (Å²) >= 11 is 0. The Kier molecular flexibility index (Phi) is 3.80. The van der Waals surface area contributed by atoms with Gasteiger partial charge < -0.3 is 9.64 Å². The molecule has 102 valence electrons. The van der Waals surface area contributed by atoms with Crippen LogP contribution in [0.4, 0.5) is 11.4 Å². The van der Waals surface area contributed by atoms with Gasteiger partial charge in [-0.25, -0.2) is 0 Å². The van der Waals surface area contributed by atoms with Crippen molar-refractivity contribution < 1.29 is 14.5 Å². The molecule has 1 aliphatic heterocycles. The number of nitro groups is 1. The predicted molar refractivity (Wildman–Crippen MR) is 70.7 cm³/mol. The van der Waals surface area contributed by atoms with Crippen LogP contribution in [0.2, 0.25) is 0 Å². The van der Waals surface area contributed by atoms with Gasteiger partial charge in [0.2, 0.25) is 0 Å². The lowest BCUT2D eigenvalue weighted by Gasteiger charge is -2.37. The highest BCUT2D eigenvalue weighted by Crippen LogP contribution is 2.27. The monoisotopic (exact) mass is 264 g/mol. The average Bonchev–Trinajstić information content (AvgIpc) is 2.36. The molecule has 6 heteroatoms. The molecule has 1 heterocycles. The molecule has 0 bridgehead atoms. The first-order valence-corrected chi connectivity index (χ1v) is 6.15. The minimum atomic E-state index is -0.499. The van der Waals surface area contributed by atoms with Crippen LogP contribution in [-0.4, -0.2) is 36.5 Å². The molecule has 19 heavy (non-hydrogen) atoms. The number of nitro benzene ring substituents is 1. The van der Waals surface area contributed by atoms with Gasteiger partial charge in [0.25, 0.3) is 5.69 Å². The molecule has 1 fully saturated rings. The van der Waals surface area contributed by atoms with E-state index in [4.69, 9.17) is 4.74 Å². The molecule has 1 aliphatic rings. The van der Waals surface area contributed by atoms with E-state index < -0.39 is 4.92 Å². The summed E-state index contributed by atoms with van der Waals surface area (Å²) in [6.45, 7) is 5.27. The summed E-state index contributed by atoms with van der Waals surface area (Å²) in [5.41, 5.74) is 0.998. The third kappa shape index (κ3) is 2.90. The van der Waals surface area contributed by atoms with E-state index >= 15 is 0 Å². The molecular weight excluding hydrogens is 248 g/mol. The lowest BCUT2D eigenvalue weighted by atomic mass is 10.1. The third-order valence-corrected chi connectivity index (χ3v) is 3.11. The van der Waals surface area contributed by atoms with Crippen LogP contribution in [-0.2, 0) is 4.74 Å². The van der Waals surface area contributed by atoms with Crippen LogP contribution in [0.1, 0.15) is 24.2 Å². The summed E-state index contributed by atoms with van der Waals surface area (Å²) in [7, 11) is 0. The van der Waals surface area contributed by atoms with Crippen LogP contribution in [0.3, 0.4) is 0 Å². The summed E-state index contributed by atoms with van der Waals surface area (Å²) in [4.78, 5) is 23.4. The number of benzene rings is 1. The molecule has 6 nitrogen and oxygen atoms in total. The van der Waals surface area contributed by atoms with Crippen LogP contribution in [0.5, 0.6) is 0 Å². The smallest absolute Gasteiger partial charge is 0.270 e. The quantitative estimate of drug-likeness (QED) is 0.474. The number of hydrogen-bond acceptors (Lipinski definition) is 5. The standard InChI is InChI=1S/C13H16N2O4/c1-9-6-14(7-10(2)19-9)13-4-3-12(15(17)18)5-11(13)8-16/h3-5,8-10H,6-7H2,1-2H3. The Balaban J connectivity index is 2.33. The minimum absolute atomic E-state index is 0.0680. The van der Waals surface area contributed by atoms with Crippen molar-refractivity contribution >= 4 is 17.7 Å². The van der Waals surface area contributed by atoms with Crippen LogP contribution >= 0.6 is 0 Å². The second-order valence-corrected chi connectivity index (χ2v) is 4.78. The predicted octanol–water partition coefficient (Wildman–Crippen LogP) is 2.02. The fourth-order valence-corrected chi connectivity index (χ4v) is 2.41. The number of nitrogens with zero attached hydrogens (tertiary/aromatic N) is 2. The summed E-state index contributed by atoms with van der Waals surface area (Å²) in [6, 6.07) is 4.37. The number of hydrogen-bond donors (Lipinski definition) is 0. The van der Waals surface area contributed by atoms with E-state index in [1.165, 1.54) is 12.1 Å². The normalized spacial score (nSPS) is 23.2. The highest BCUT2D eigenvalue weighted by molar-refractivity contribution is 5.86. The number of carbonyl (C=O) groups is 1. The van der Waals surface area contributed by atoms with Crippen molar-refractivity contribution in [3.63, 3.8) is 0 Å². The number of ether oxygens (including phenoxy) is 1. The molecule has 1 aromatic rings. The highest BCUT2D eigenvalue weighted by Gasteiger charge is 2.24. The molecule has 2 atom stereocenters. The second-order valence-electron chi connectivity index (χ2n) is 4.78. The topological polar surface area (TPSA) is 72.7 Å². The number of non-ortho nitro benzene ring substituents is 1. The lowest BCUT2D eigenvalue weighted by Crippen LogP contribution is -2.45. The first-order chi connectivity index (χ1) is 9.01. The molecule has 0 aliphatic carbocycles. The second kappa shape index (κ2) is 5.36. The zero-order valence-electron chi connectivity index (χ0n) is 10.9. The van der Waals surface area contributed by atoms with Crippen molar-refractivity contribution in [2.24, 2.45) is 0 Å². The van der Waals surface area contributed by atoms with Gasteiger partial charge in [0.1, 0.15) is 0 Å². The van der Waals surface area contributed by atoms with E-state index in [2.05, 4.69) is 0 Å². The highest BCUT2D eigenvalue weighted by atomic mass is 16.6. The van der Waals surface area contributed by atoms with Crippen LogP contribution in [0.25, 0.3) is 0 Å². The van der Waals surface area contributed by atoms with Gasteiger partial charge in [-0.05, 0) is 19.9 Å². The van der Waals surface area contributed by atoms with Crippen molar-refractivity contribution in [3.8, 4) is 0 Å². The molecule has 0 saturated carbocycles. The Morgan fingerprint density at radius 2 is 2.00 bits per heavy atom. The van der Waals surface area contributed by atoms with Gasteiger partial charge in [0.15, 0.2) is 6.29 Å². The molecule has 1 aromatic carbocycles. The Labute approximate surface area is 111 Å². The van der Waals surface area contributed by atoms with Gasteiger partial charge in [-0.15, -0.1) is 0 Å². The summed E-state index contributed by atoms with van der Waals surface area (Å²) < 4.78 is 5.64. The van der Waals surface area contributed by atoms with Crippen molar-refractivity contribution in [1.82, 2.24) is 0 Å². The zero-order chi connectivity index (χ0) is 14.0. The average molecular weight is 264 g/mol. The molecule has 2 unspecified atom stereocenters. The molecule has 0 N–H and O–H groups in total. The first kappa shape index (κ1) is 13.5. The van der Waals surface area contributed by atoms with Crippen molar-refractivity contribution in [2.45, 2.75) is 26.1 Å². The maximum absolute atomic E-state index is 11.1. The summed E-state index contributed by atoms with van der Waals surface area (Å²) in [5, 5.41) is 10.7. The molecule has 0 spiro atoms. The fraction of sp³-hybridized carbons (Fsp3) is 0.462. The number of anilines is 1. The Hall–Kier alpha value is -1.95. The van der Waals surface area contributed by atoms with E-state index in [1.807, 2.05) is 18.7 Å². The maximum atomic E-state index is 11.1. The van der Waals surface area contributed by atoms with Crippen LogP contribution in [0, 0.1) is 10.1 Å². The Morgan fingerprint density at radius 3 is 2.53 bits per heavy atom. The van der Waals surface area contributed by atoms with Crippen LogP contribution in [0.15, 0.2) is 18.2 Å². The van der Waals surface area contributed by atoms with Crippen LogP contribution < -0.4 is 4.90 Å². The van der Waals surface area contributed by atoms with Gasteiger partial charge in [-0.3, -0.25) is 14.9 Å². The lowest BCUT2D eigenvalue weighted by molar-refractivity contribution is -0.384. The van der Waals surface area contributed by atoms with E-state index in [-0.39, 0.29) is 17.9 Å². The number of carbonyl (C=O) groups excluding carboxylic acids is 1. The van der Waals surface area contributed by atoms with E-state index in [1.54, 1.807) is 6.07 Å². The van der Waals surface area contributed by atoms with Gasteiger partial charge in [0, 0.05) is 36.5 Å². The number of rotatable bonds is 3. The molecule has 2 rings (SSSR count). The third-order valence-electron chi connectivity index (χ3n) is 3.11. The number of morpholine rings is 1. The van der Waals surface area contributed by atoms with E-state index in [9.17, 15) is 14.9 Å². The first-order valence-electron chi connectivity index (χ1n) is 6.15. The van der Waals surface area contributed by atoms with Crippen molar-refractivity contribution in [1.29, 1.82) is 0 Å². The fourth-order valence-electron chi connectivity index (χ4n) is 2.41. The Bertz CT molecular complexity index is 493.